The van der Waals surface area contributed by atoms with E-state index in [0.29, 0.717) is 18.6 Å². The molecule has 0 atom stereocenters. The summed E-state index contributed by atoms with van der Waals surface area (Å²) in [5.41, 5.74) is 2.53. The van der Waals surface area contributed by atoms with Crippen LogP contribution in [0.15, 0.2) is 36.4 Å². The normalized spacial score (nSPS) is 10.5. The number of carbonyl (C=O) groups is 1. The molecule has 0 bridgehead atoms. The summed E-state index contributed by atoms with van der Waals surface area (Å²) in [7, 11) is 0. The van der Waals surface area contributed by atoms with E-state index in [1.165, 1.54) is 12.1 Å². The molecule has 0 radical (unpaired) electrons. The summed E-state index contributed by atoms with van der Waals surface area (Å²) >= 11 is 0. The van der Waals surface area contributed by atoms with Crippen LogP contribution in [0.25, 0.3) is 0 Å². The standard InChI is InChI=1S/C19H21FO4/c1-3-23-17-6-4-5-15(13(17)2)12-24-18-9-7-14(11-16(18)20)8-10-19(21)22/h4-7,9,11H,3,8,10,12H2,1-2H3,(H,21,22). The first-order chi connectivity index (χ1) is 11.5. The molecule has 0 saturated carbocycles. The van der Waals surface area contributed by atoms with Crippen LogP contribution in [0.1, 0.15) is 30.0 Å². The lowest BCUT2D eigenvalue weighted by Crippen LogP contribution is -2.03. The molecule has 0 fully saturated rings. The number of hydrogen-bond donors (Lipinski definition) is 1. The lowest BCUT2D eigenvalue weighted by atomic mass is 10.1. The molecule has 2 aromatic rings. The van der Waals surface area contributed by atoms with Crippen LogP contribution in [0, 0.1) is 12.7 Å². The van der Waals surface area contributed by atoms with Gasteiger partial charge in [-0.15, -0.1) is 0 Å². The first-order valence-electron chi connectivity index (χ1n) is 7.85. The van der Waals surface area contributed by atoms with E-state index >= 15 is 0 Å². The molecule has 4 nitrogen and oxygen atoms in total. The maximum Gasteiger partial charge on any atom is 0.303 e. The van der Waals surface area contributed by atoms with Crippen LogP contribution in [-0.2, 0) is 17.8 Å². The number of hydrogen-bond acceptors (Lipinski definition) is 3. The summed E-state index contributed by atoms with van der Waals surface area (Å²) in [5, 5.41) is 8.67. The molecule has 0 heterocycles. The van der Waals surface area contributed by atoms with Crippen molar-refractivity contribution in [2.45, 2.75) is 33.3 Å². The van der Waals surface area contributed by atoms with Gasteiger partial charge < -0.3 is 14.6 Å². The average Bonchev–Trinajstić information content (AvgIpc) is 2.55. The van der Waals surface area contributed by atoms with E-state index in [-0.39, 0.29) is 18.8 Å². The van der Waals surface area contributed by atoms with Crippen molar-refractivity contribution in [2.24, 2.45) is 0 Å². The lowest BCUT2D eigenvalue weighted by Gasteiger charge is -2.13. The van der Waals surface area contributed by atoms with Gasteiger partial charge in [-0.1, -0.05) is 18.2 Å². The molecule has 24 heavy (non-hydrogen) atoms. The Balaban J connectivity index is 2.04. The highest BCUT2D eigenvalue weighted by atomic mass is 19.1. The molecule has 128 valence electrons. The predicted octanol–water partition coefficient (Wildman–Crippen LogP) is 4.13. The fraction of sp³-hybridized carbons (Fsp3) is 0.316. The molecule has 2 rings (SSSR count). The van der Waals surface area contributed by atoms with Crippen molar-refractivity contribution in [3.8, 4) is 11.5 Å². The number of halogens is 1. The summed E-state index contributed by atoms with van der Waals surface area (Å²) < 4.78 is 25.2. The van der Waals surface area contributed by atoms with E-state index in [0.717, 1.165) is 16.9 Å². The lowest BCUT2D eigenvalue weighted by molar-refractivity contribution is -0.136. The van der Waals surface area contributed by atoms with Crippen molar-refractivity contribution in [2.75, 3.05) is 6.61 Å². The van der Waals surface area contributed by atoms with Gasteiger partial charge in [0.25, 0.3) is 0 Å². The van der Waals surface area contributed by atoms with Gasteiger partial charge in [0.2, 0.25) is 0 Å². The minimum Gasteiger partial charge on any atom is -0.494 e. The minimum atomic E-state index is -0.902. The van der Waals surface area contributed by atoms with Crippen LogP contribution in [0.3, 0.4) is 0 Å². The van der Waals surface area contributed by atoms with Gasteiger partial charge in [-0.2, -0.15) is 0 Å². The third kappa shape index (κ3) is 4.72. The average molecular weight is 332 g/mol. The van der Waals surface area contributed by atoms with E-state index in [1.807, 2.05) is 32.0 Å². The zero-order chi connectivity index (χ0) is 17.5. The van der Waals surface area contributed by atoms with Crippen LogP contribution >= 0.6 is 0 Å². The fourth-order valence-electron chi connectivity index (χ4n) is 2.35. The smallest absolute Gasteiger partial charge is 0.303 e. The van der Waals surface area contributed by atoms with Crippen LogP contribution in [0.2, 0.25) is 0 Å². The van der Waals surface area contributed by atoms with Crippen molar-refractivity contribution in [1.82, 2.24) is 0 Å². The Kier molecular flexibility index (Phi) is 6.18. The minimum absolute atomic E-state index is 0.0247. The van der Waals surface area contributed by atoms with Crippen molar-refractivity contribution in [3.63, 3.8) is 0 Å². The van der Waals surface area contributed by atoms with Gasteiger partial charge in [0.15, 0.2) is 11.6 Å². The van der Waals surface area contributed by atoms with Gasteiger partial charge >= 0.3 is 5.97 Å². The van der Waals surface area contributed by atoms with Crippen LogP contribution in [0.4, 0.5) is 4.39 Å². The van der Waals surface area contributed by atoms with Gasteiger partial charge in [0.1, 0.15) is 12.4 Å². The summed E-state index contributed by atoms with van der Waals surface area (Å²) in [5.74, 6) is -0.449. The number of carboxylic acid groups (broad SMARTS) is 1. The number of benzene rings is 2. The molecule has 0 aliphatic rings. The number of rotatable bonds is 8. The summed E-state index contributed by atoms with van der Waals surface area (Å²) in [6.07, 6.45) is 0.269. The van der Waals surface area contributed by atoms with E-state index in [9.17, 15) is 9.18 Å². The first kappa shape index (κ1) is 17.8. The molecule has 0 spiro atoms. The Morgan fingerprint density at radius 3 is 2.62 bits per heavy atom. The topological polar surface area (TPSA) is 55.8 Å². The van der Waals surface area contributed by atoms with Crippen LogP contribution in [0.5, 0.6) is 11.5 Å². The van der Waals surface area contributed by atoms with Crippen LogP contribution in [-0.4, -0.2) is 17.7 Å². The number of aliphatic carboxylic acids is 1. The van der Waals surface area contributed by atoms with Gasteiger partial charge in [-0.05, 0) is 55.2 Å². The summed E-state index contributed by atoms with van der Waals surface area (Å²) in [6.45, 7) is 4.68. The quantitative estimate of drug-likeness (QED) is 0.790. The Hall–Kier alpha value is -2.56. The number of carboxylic acids is 1. The van der Waals surface area contributed by atoms with Crippen molar-refractivity contribution >= 4 is 5.97 Å². The molecule has 0 amide bonds. The first-order valence-corrected chi connectivity index (χ1v) is 7.85. The molecule has 2 aromatic carbocycles. The van der Waals surface area contributed by atoms with E-state index < -0.39 is 11.8 Å². The molecule has 0 aliphatic heterocycles. The second-order valence-corrected chi connectivity index (χ2v) is 5.42. The van der Waals surface area contributed by atoms with Gasteiger partial charge in [-0.25, -0.2) is 4.39 Å². The summed E-state index contributed by atoms with van der Waals surface area (Å²) in [4.78, 5) is 10.6. The maximum absolute atomic E-state index is 14.1. The Morgan fingerprint density at radius 2 is 1.96 bits per heavy atom. The number of aryl methyl sites for hydroxylation is 1. The van der Waals surface area contributed by atoms with E-state index in [1.54, 1.807) is 6.07 Å². The number of ether oxygens (including phenoxy) is 2. The highest BCUT2D eigenvalue weighted by molar-refractivity contribution is 5.67. The fourth-order valence-corrected chi connectivity index (χ4v) is 2.35. The predicted molar refractivity (Wildman–Crippen MR) is 89.0 cm³/mol. The molecule has 0 saturated heterocycles. The SMILES string of the molecule is CCOc1cccc(COc2ccc(CCC(=O)O)cc2F)c1C. The molecular formula is C19H21FO4. The van der Waals surface area contributed by atoms with Gasteiger partial charge in [-0.3, -0.25) is 4.79 Å². The highest BCUT2D eigenvalue weighted by Gasteiger charge is 2.09. The Bertz CT molecular complexity index is 713. The Labute approximate surface area is 140 Å². The second-order valence-electron chi connectivity index (χ2n) is 5.42. The highest BCUT2D eigenvalue weighted by Crippen LogP contribution is 2.24. The second kappa shape index (κ2) is 8.34. The monoisotopic (exact) mass is 332 g/mol. The third-order valence-corrected chi connectivity index (χ3v) is 3.70. The van der Waals surface area contributed by atoms with E-state index in [2.05, 4.69) is 0 Å². The summed E-state index contributed by atoms with van der Waals surface area (Å²) in [6, 6.07) is 10.2. The zero-order valence-electron chi connectivity index (χ0n) is 13.8. The van der Waals surface area contributed by atoms with Gasteiger partial charge in [0.05, 0.1) is 6.61 Å². The molecule has 0 aliphatic carbocycles. The molecule has 0 aromatic heterocycles. The third-order valence-electron chi connectivity index (χ3n) is 3.70. The molecular weight excluding hydrogens is 311 g/mol. The van der Waals surface area contributed by atoms with Crippen molar-refractivity contribution in [3.05, 3.63) is 58.9 Å². The molecule has 0 unspecified atom stereocenters. The largest absolute Gasteiger partial charge is 0.494 e. The van der Waals surface area contributed by atoms with E-state index in [4.69, 9.17) is 14.6 Å². The maximum atomic E-state index is 14.1. The zero-order valence-corrected chi connectivity index (χ0v) is 13.8. The molecule has 5 heteroatoms. The molecule has 1 N–H and O–H groups in total. The van der Waals surface area contributed by atoms with Crippen molar-refractivity contribution in [1.29, 1.82) is 0 Å². The Morgan fingerprint density at radius 1 is 1.17 bits per heavy atom. The van der Waals surface area contributed by atoms with Crippen LogP contribution < -0.4 is 9.47 Å². The van der Waals surface area contributed by atoms with Crippen molar-refractivity contribution < 1.29 is 23.8 Å². The van der Waals surface area contributed by atoms with Gasteiger partial charge in [0, 0.05) is 6.42 Å².